The maximum Gasteiger partial charge on any atom is 0.514 e. The number of benzene rings is 3. The molecular formula is C28H33NO9S. The van der Waals surface area contributed by atoms with Crippen molar-refractivity contribution in [1.29, 1.82) is 0 Å². The fraction of sp³-hybridized carbons (Fsp3) is 0.286. The van der Waals surface area contributed by atoms with Crippen molar-refractivity contribution in [3.63, 3.8) is 0 Å². The smallest absolute Gasteiger partial charge is 0.514 e. The van der Waals surface area contributed by atoms with Crippen LogP contribution >= 0.6 is 0 Å². The van der Waals surface area contributed by atoms with Gasteiger partial charge in [-0.1, -0.05) is 54.6 Å². The van der Waals surface area contributed by atoms with Gasteiger partial charge in [0.2, 0.25) is 0 Å². The Kier molecular flexibility index (Phi) is 12.4. The molecule has 0 fully saturated rings. The van der Waals surface area contributed by atoms with Crippen LogP contribution in [0, 0.1) is 6.92 Å². The van der Waals surface area contributed by atoms with E-state index in [1.54, 1.807) is 67.6 Å². The van der Waals surface area contributed by atoms with Crippen molar-refractivity contribution in [3.8, 4) is 11.5 Å². The van der Waals surface area contributed by atoms with Crippen LogP contribution in [-0.2, 0) is 19.6 Å². The molecule has 11 heteroatoms. The third-order valence-electron chi connectivity index (χ3n) is 5.72. The molecule has 39 heavy (non-hydrogen) atoms. The monoisotopic (exact) mass is 559 g/mol. The SMILES string of the molecule is CC[N+](C)(CCOC(=O)Oc1ccccc1)CCOC(=O)Oc1ccccc1.Cc1ccccc1S(=O)(=O)[O-]. The number of likely N-dealkylation sites (N-methyl/N-ethyl adjacent to an activating group) is 1. The molecule has 0 atom stereocenters. The van der Waals surface area contributed by atoms with Crippen molar-refractivity contribution in [2.45, 2.75) is 18.7 Å². The molecule has 0 saturated heterocycles. The van der Waals surface area contributed by atoms with Crippen LogP contribution in [0.5, 0.6) is 11.5 Å². The molecular weight excluding hydrogens is 526 g/mol. The lowest BCUT2D eigenvalue weighted by Gasteiger charge is -2.32. The molecule has 210 valence electrons. The molecule has 3 aromatic carbocycles. The first kappa shape index (κ1) is 31.3. The number of aryl methyl sites for hydroxylation is 1. The van der Waals surface area contributed by atoms with Crippen molar-refractivity contribution in [1.82, 2.24) is 0 Å². The molecule has 0 radical (unpaired) electrons. The van der Waals surface area contributed by atoms with Crippen LogP contribution < -0.4 is 9.47 Å². The Morgan fingerprint density at radius 1 is 0.744 bits per heavy atom. The Bertz CT molecular complexity index is 1220. The summed E-state index contributed by atoms with van der Waals surface area (Å²) in [5.41, 5.74) is 0.488. The second-order valence-corrected chi connectivity index (χ2v) is 9.98. The van der Waals surface area contributed by atoms with Gasteiger partial charge in [-0.15, -0.1) is 0 Å². The molecule has 0 aliphatic carbocycles. The Morgan fingerprint density at radius 3 is 1.51 bits per heavy atom. The second-order valence-electron chi connectivity index (χ2n) is 8.63. The van der Waals surface area contributed by atoms with Gasteiger partial charge in [0, 0.05) is 0 Å². The summed E-state index contributed by atoms with van der Waals surface area (Å²) in [5.74, 6) is 0.871. The summed E-state index contributed by atoms with van der Waals surface area (Å²) in [7, 11) is -2.29. The fourth-order valence-corrected chi connectivity index (χ4v) is 3.90. The first-order valence-corrected chi connectivity index (χ1v) is 13.6. The van der Waals surface area contributed by atoms with E-state index in [4.69, 9.17) is 18.9 Å². The van der Waals surface area contributed by atoms with Crippen molar-refractivity contribution < 1.29 is 46.0 Å². The highest BCUT2D eigenvalue weighted by Gasteiger charge is 2.21. The van der Waals surface area contributed by atoms with Crippen LogP contribution in [0.1, 0.15) is 12.5 Å². The Balaban J connectivity index is 0.000000404. The molecule has 0 spiro atoms. The molecule has 10 nitrogen and oxygen atoms in total. The molecule has 0 N–H and O–H groups in total. The number of ether oxygens (including phenoxy) is 4. The second kappa shape index (κ2) is 15.5. The van der Waals surface area contributed by atoms with E-state index in [1.807, 2.05) is 26.1 Å². The van der Waals surface area contributed by atoms with Crippen molar-refractivity contribution in [2.75, 3.05) is 39.9 Å². The van der Waals surface area contributed by atoms with E-state index in [2.05, 4.69) is 0 Å². The Morgan fingerprint density at radius 2 is 1.15 bits per heavy atom. The number of carbonyl (C=O) groups excluding carboxylic acids is 2. The predicted octanol–water partition coefficient (Wildman–Crippen LogP) is 4.78. The minimum absolute atomic E-state index is 0.139. The molecule has 0 heterocycles. The largest absolute Gasteiger partial charge is 0.744 e. The summed E-state index contributed by atoms with van der Waals surface area (Å²) in [4.78, 5) is 23.3. The quantitative estimate of drug-likeness (QED) is 0.149. The summed E-state index contributed by atoms with van der Waals surface area (Å²) in [5, 5.41) is 0. The van der Waals surface area contributed by atoms with Crippen LogP contribution in [0.25, 0.3) is 0 Å². The lowest BCUT2D eigenvalue weighted by Crippen LogP contribution is -2.48. The van der Waals surface area contributed by atoms with Gasteiger partial charge in [0.15, 0.2) is 0 Å². The summed E-state index contributed by atoms with van der Waals surface area (Å²) < 4.78 is 52.5. The average Bonchev–Trinajstić information content (AvgIpc) is 2.90. The summed E-state index contributed by atoms with van der Waals surface area (Å²) >= 11 is 0. The number of carbonyl (C=O) groups is 2. The number of para-hydroxylation sites is 2. The van der Waals surface area contributed by atoms with Gasteiger partial charge in [0.25, 0.3) is 0 Å². The molecule has 3 aromatic rings. The molecule has 0 amide bonds. The van der Waals surface area contributed by atoms with Gasteiger partial charge in [-0.2, -0.15) is 0 Å². The molecule has 0 unspecified atom stereocenters. The van der Waals surface area contributed by atoms with Gasteiger partial charge in [-0.25, -0.2) is 18.0 Å². The summed E-state index contributed by atoms with van der Waals surface area (Å²) in [6.07, 6.45) is -1.48. The minimum atomic E-state index is -4.28. The third kappa shape index (κ3) is 12.0. The van der Waals surface area contributed by atoms with Crippen LogP contribution in [0.15, 0.2) is 89.8 Å². The number of rotatable bonds is 10. The molecule has 3 rings (SSSR count). The van der Waals surface area contributed by atoms with Crippen molar-refractivity contribution >= 4 is 22.4 Å². The summed E-state index contributed by atoms with van der Waals surface area (Å²) in [6.45, 7) is 5.92. The van der Waals surface area contributed by atoms with Gasteiger partial charge in [0.1, 0.15) is 47.9 Å². The number of hydrogen-bond donors (Lipinski definition) is 0. The topological polar surface area (TPSA) is 128 Å². The molecule has 0 aliphatic heterocycles. The highest BCUT2D eigenvalue weighted by atomic mass is 32.2. The molecule has 0 aliphatic rings. The van der Waals surface area contributed by atoms with E-state index < -0.39 is 22.4 Å². The number of nitrogens with zero attached hydrogens (tertiary/aromatic N) is 1. The standard InChI is InChI=1S/C21H26NO6.C7H8O3S/c1-3-22(2,14-16-25-20(23)27-18-10-6-4-7-11-18)15-17-26-21(24)28-19-12-8-5-9-13-19;1-6-4-2-3-5-7(6)11(8,9)10/h4-13H,3,14-17H2,1-2H3;2-5H,1H3,(H,8,9,10)/q+1;/p-1. The zero-order valence-corrected chi connectivity index (χ0v) is 23.0. The Hall–Kier alpha value is -3.93. The van der Waals surface area contributed by atoms with Gasteiger partial charge < -0.3 is 28.0 Å². The highest BCUT2D eigenvalue weighted by Crippen LogP contribution is 2.13. The zero-order valence-electron chi connectivity index (χ0n) is 22.1. The highest BCUT2D eigenvalue weighted by molar-refractivity contribution is 7.85. The summed E-state index contributed by atoms with van der Waals surface area (Å²) in [6, 6.07) is 23.6. The normalized spacial score (nSPS) is 11.0. The van der Waals surface area contributed by atoms with Gasteiger partial charge >= 0.3 is 12.3 Å². The predicted molar refractivity (Wildman–Crippen MR) is 142 cm³/mol. The van der Waals surface area contributed by atoms with Crippen LogP contribution in [0.2, 0.25) is 0 Å². The Labute approximate surface area is 229 Å². The average molecular weight is 560 g/mol. The first-order valence-electron chi connectivity index (χ1n) is 12.2. The molecule has 0 bridgehead atoms. The van der Waals surface area contributed by atoms with E-state index >= 15 is 0 Å². The van der Waals surface area contributed by atoms with Crippen molar-refractivity contribution in [2.24, 2.45) is 0 Å². The van der Waals surface area contributed by atoms with Crippen LogP contribution in [0.4, 0.5) is 9.59 Å². The van der Waals surface area contributed by atoms with Gasteiger partial charge in [-0.05, 0) is 49.7 Å². The minimum Gasteiger partial charge on any atom is -0.744 e. The number of hydrogen-bond acceptors (Lipinski definition) is 9. The lowest BCUT2D eigenvalue weighted by atomic mass is 10.2. The molecule has 0 aromatic heterocycles. The van der Waals surface area contributed by atoms with E-state index in [1.165, 1.54) is 12.1 Å². The van der Waals surface area contributed by atoms with E-state index in [9.17, 15) is 22.6 Å². The maximum absolute atomic E-state index is 11.7. The van der Waals surface area contributed by atoms with Gasteiger partial charge in [-0.3, -0.25) is 0 Å². The first-order chi connectivity index (χ1) is 18.5. The van der Waals surface area contributed by atoms with Crippen molar-refractivity contribution in [3.05, 3.63) is 90.5 Å². The zero-order chi connectivity index (χ0) is 28.7. The fourth-order valence-electron chi connectivity index (χ4n) is 3.19. The number of quaternary nitrogens is 1. The lowest BCUT2D eigenvalue weighted by molar-refractivity contribution is -0.908. The molecule has 0 saturated carbocycles. The van der Waals surface area contributed by atoms with Crippen LogP contribution in [-0.4, -0.2) is 69.7 Å². The third-order valence-corrected chi connectivity index (χ3v) is 6.71. The van der Waals surface area contributed by atoms with E-state index in [-0.39, 0.29) is 18.1 Å². The van der Waals surface area contributed by atoms with E-state index in [0.29, 0.717) is 34.6 Å². The maximum atomic E-state index is 11.7. The van der Waals surface area contributed by atoms with E-state index in [0.717, 1.165) is 6.54 Å². The van der Waals surface area contributed by atoms with Gasteiger partial charge in [0.05, 0.1) is 18.5 Å². The van der Waals surface area contributed by atoms with Crippen LogP contribution in [0.3, 0.4) is 0 Å².